The van der Waals surface area contributed by atoms with Crippen LogP contribution in [0.25, 0.3) is 0 Å². The Kier molecular flexibility index (Phi) is 6.07. The zero-order valence-electron chi connectivity index (χ0n) is 12.3. The Morgan fingerprint density at radius 1 is 1.15 bits per heavy atom. The number of benzene rings is 1. The van der Waals surface area contributed by atoms with E-state index in [-0.39, 0.29) is 6.61 Å². The highest BCUT2D eigenvalue weighted by Crippen LogP contribution is 2.10. The molecule has 1 saturated heterocycles. The fraction of sp³-hybridized carbons (Fsp3) is 0.529. The van der Waals surface area contributed by atoms with Gasteiger partial charge in [-0.25, -0.2) is 0 Å². The molecule has 1 heterocycles. The molecule has 3 nitrogen and oxygen atoms in total. The standard InChI is InChI=1S/C17H24N2O/c1-2-18-9-11-19(12-10-18)15-17-8-5-7-16(14-17)6-3-4-13-20/h5,7-8,14,20H,2,4,9-13,15H2,1H3. The lowest BCUT2D eigenvalue weighted by molar-refractivity contribution is 0.132. The van der Waals surface area contributed by atoms with Crippen LogP contribution in [-0.4, -0.2) is 54.2 Å². The maximum atomic E-state index is 8.74. The predicted molar refractivity (Wildman–Crippen MR) is 82.4 cm³/mol. The quantitative estimate of drug-likeness (QED) is 0.843. The van der Waals surface area contributed by atoms with Crippen LogP contribution in [0.1, 0.15) is 24.5 Å². The largest absolute Gasteiger partial charge is 0.395 e. The monoisotopic (exact) mass is 272 g/mol. The summed E-state index contributed by atoms with van der Waals surface area (Å²) in [4.78, 5) is 5.00. The van der Waals surface area contributed by atoms with Crippen molar-refractivity contribution < 1.29 is 5.11 Å². The number of nitrogens with zero attached hydrogens (tertiary/aromatic N) is 2. The lowest BCUT2D eigenvalue weighted by Gasteiger charge is -2.34. The van der Waals surface area contributed by atoms with Gasteiger partial charge in [0.05, 0.1) is 6.61 Å². The van der Waals surface area contributed by atoms with Crippen LogP contribution >= 0.6 is 0 Å². The van der Waals surface area contributed by atoms with Gasteiger partial charge in [0.1, 0.15) is 0 Å². The van der Waals surface area contributed by atoms with Crippen LogP contribution in [0.5, 0.6) is 0 Å². The van der Waals surface area contributed by atoms with Gasteiger partial charge in [-0.1, -0.05) is 30.9 Å². The van der Waals surface area contributed by atoms with Gasteiger partial charge < -0.3 is 10.0 Å². The molecule has 0 amide bonds. The van der Waals surface area contributed by atoms with Gasteiger partial charge in [-0.3, -0.25) is 4.90 Å². The summed E-state index contributed by atoms with van der Waals surface area (Å²) in [5.74, 6) is 6.08. The molecule has 20 heavy (non-hydrogen) atoms. The van der Waals surface area contributed by atoms with Crippen molar-refractivity contribution in [3.63, 3.8) is 0 Å². The summed E-state index contributed by atoms with van der Waals surface area (Å²) < 4.78 is 0. The molecule has 1 aromatic carbocycles. The molecule has 3 heteroatoms. The topological polar surface area (TPSA) is 26.7 Å². The number of aliphatic hydroxyl groups is 1. The van der Waals surface area contributed by atoms with Crippen molar-refractivity contribution in [3.8, 4) is 11.8 Å². The molecule has 0 spiro atoms. The maximum absolute atomic E-state index is 8.74. The molecule has 2 rings (SSSR count). The Morgan fingerprint density at radius 3 is 2.60 bits per heavy atom. The Hall–Kier alpha value is -1.34. The van der Waals surface area contributed by atoms with Gasteiger partial charge in [0.15, 0.2) is 0 Å². The van der Waals surface area contributed by atoms with E-state index in [1.54, 1.807) is 0 Å². The Balaban J connectivity index is 1.90. The van der Waals surface area contributed by atoms with Crippen LogP contribution in [0.2, 0.25) is 0 Å². The van der Waals surface area contributed by atoms with Gasteiger partial charge in [-0.15, -0.1) is 0 Å². The number of aliphatic hydroxyl groups excluding tert-OH is 1. The molecule has 1 aliphatic rings. The highest BCUT2D eigenvalue weighted by Gasteiger charge is 2.15. The van der Waals surface area contributed by atoms with E-state index in [4.69, 9.17) is 5.11 Å². The van der Waals surface area contributed by atoms with Gasteiger partial charge >= 0.3 is 0 Å². The second kappa shape index (κ2) is 8.06. The summed E-state index contributed by atoms with van der Waals surface area (Å²) in [6, 6.07) is 8.43. The minimum absolute atomic E-state index is 0.133. The second-order valence-electron chi connectivity index (χ2n) is 5.19. The van der Waals surface area contributed by atoms with E-state index < -0.39 is 0 Å². The first kappa shape index (κ1) is 15.1. The van der Waals surface area contributed by atoms with Crippen molar-refractivity contribution in [3.05, 3.63) is 35.4 Å². The fourth-order valence-electron chi connectivity index (χ4n) is 2.49. The van der Waals surface area contributed by atoms with Crippen LogP contribution < -0.4 is 0 Å². The van der Waals surface area contributed by atoms with Crippen LogP contribution in [0.4, 0.5) is 0 Å². The first-order valence-electron chi connectivity index (χ1n) is 7.45. The summed E-state index contributed by atoms with van der Waals surface area (Å²) in [6.07, 6.45) is 0.545. The maximum Gasteiger partial charge on any atom is 0.0540 e. The van der Waals surface area contributed by atoms with E-state index in [0.29, 0.717) is 6.42 Å². The Labute approximate surface area is 122 Å². The minimum Gasteiger partial charge on any atom is -0.395 e. The van der Waals surface area contributed by atoms with E-state index in [1.807, 2.05) is 6.07 Å². The second-order valence-corrected chi connectivity index (χ2v) is 5.19. The summed E-state index contributed by atoms with van der Waals surface area (Å²) in [5, 5.41) is 8.74. The summed E-state index contributed by atoms with van der Waals surface area (Å²) in [7, 11) is 0. The van der Waals surface area contributed by atoms with Crippen molar-refractivity contribution in [1.82, 2.24) is 9.80 Å². The molecule has 108 valence electrons. The van der Waals surface area contributed by atoms with Gasteiger partial charge in [0.2, 0.25) is 0 Å². The first-order chi connectivity index (χ1) is 9.81. The zero-order chi connectivity index (χ0) is 14.2. The summed E-state index contributed by atoms with van der Waals surface area (Å²) >= 11 is 0. The molecule has 0 aliphatic carbocycles. The van der Waals surface area contributed by atoms with E-state index in [2.05, 4.69) is 46.8 Å². The number of piperazine rings is 1. The van der Waals surface area contributed by atoms with Gasteiger partial charge in [-0.2, -0.15) is 0 Å². The van der Waals surface area contributed by atoms with Gasteiger partial charge in [-0.05, 0) is 24.2 Å². The van der Waals surface area contributed by atoms with Crippen LogP contribution in [0.15, 0.2) is 24.3 Å². The van der Waals surface area contributed by atoms with Crippen LogP contribution in [-0.2, 0) is 6.54 Å². The van der Waals surface area contributed by atoms with Crippen molar-refractivity contribution in [1.29, 1.82) is 0 Å². The molecule has 0 radical (unpaired) electrons. The normalized spacial score (nSPS) is 16.7. The SMILES string of the molecule is CCN1CCN(Cc2cccc(C#CCCO)c2)CC1. The molecule has 0 saturated carbocycles. The van der Waals surface area contributed by atoms with E-state index >= 15 is 0 Å². The Morgan fingerprint density at radius 2 is 1.90 bits per heavy atom. The van der Waals surface area contributed by atoms with E-state index in [1.165, 1.54) is 18.7 Å². The van der Waals surface area contributed by atoms with Crippen molar-refractivity contribution in [2.24, 2.45) is 0 Å². The highest BCUT2D eigenvalue weighted by atomic mass is 16.2. The average molecular weight is 272 g/mol. The van der Waals surface area contributed by atoms with Crippen molar-refractivity contribution in [2.45, 2.75) is 19.9 Å². The summed E-state index contributed by atoms with van der Waals surface area (Å²) in [6.45, 7) is 9.16. The third kappa shape index (κ3) is 4.64. The van der Waals surface area contributed by atoms with E-state index in [9.17, 15) is 0 Å². The van der Waals surface area contributed by atoms with Crippen molar-refractivity contribution >= 4 is 0 Å². The number of hydrogen-bond acceptors (Lipinski definition) is 3. The third-order valence-corrected chi connectivity index (χ3v) is 3.71. The molecule has 1 N–H and O–H groups in total. The minimum atomic E-state index is 0.133. The zero-order valence-corrected chi connectivity index (χ0v) is 12.3. The van der Waals surface area contributed by atoms with Gasteiger partial charge in [0.25, 0.3) is 0 Å². The van der Waals surface area contributed by atoms with Gasteiger partial charge in [0, 0.05) is 44.7 Å². The van der Waals surface area contributed by atoms with Crippen LogP contribution in [0, 0.1) is 11.8 Å². The fourth-order valence-corrected chi connectivity index (χ4v) is 2.49. The molecular weight excluding hydrogens is 248 g/mol. The first-order valence-corrected chi connectivity index (χ1v) is 7.45. The molecule has 1 fully saturated rings. The van der Waals surface area contributed by atoms with E-state index in [0.717, 1.165) is 31.7 Å². The smallest absolute Gasteiger partial charge is 0.0540 e. The number of rotatable bonds is 4. The summed E-state index contributed by atoms with van der Waals surface area (Å²) in [5.41, 5.74) is 2.37. The molecule has 0 aromatic heterocycles. The lowest BCUT2D eigenvalue weighted by atomic mass is 10.1. The third-order valence-electron chi connectivity index (χ3n) is 3.71. The highest BCUT2D eigenvalue weighted by molar-refractivity contribution is 5.37. The van der Waals surface area contributed by atoms with Crippen LogP contribution in [0.3, 0.4) is 0 Å². The number of likely N-dealkylation sites (N-methyl/N-ethyl adjacent to an activating group) is 1. The average Bonchev–Trinajstić information content (AvgIpc) is 2.49. The molecular formula is C17H24N2O. The molecule has 0 atom stereocenters. The predicted octanol–water partition coefficient (Wildman–Crippen LogP) is 1.56. The molecule has 1 aliphatic heterocycles. The molecule has 0 unspecified atom stereocenters. The number of hydrogen-bond donors (Lipinski definition) is 1. The molecule has 0 bridgehead atoms. The Bertz CT molecular complexity index is 467. The van der Waals surface area contributed by atoms with Crippen molar-refractivity contribution in [2.75, 3.05) is 39.3 Å². The molecule has 1 aromatic rings. The lowest BCUT2D eigenvalue weighted by Crippen LogP contribution is -2.45.